The lowest BCUT2D eigenvalue weighted by Gasteiger charge is -2.12. The zero-order valence-electron chi connectivity index (χ0n) is 14.6. The molecule has 3 aromatic rings. The largest absolute Gasteiger partial charge is 0.345 e. The van der Waals surface area contributed by atoms with E-state index >= 15 is 0 Å². The third-order valence-electron chi connectivity index (χ3n) is 4.06. The van der Waals surface area contributed by atoms with Gasteiger partial charge in [0.1, 0.15) is 0 Å². The van der Waals surface area contributed by atoms with Crippen molar-refractivity contribution in [1.29, 1.82) is 0 Å². The van der Waals surface area contributed by atoms with E-state index in [1.807, 2.05) is 49.5 Å². The molecule has 0 aliphatic rings. The monoisotopic (exact) mass is 333 g/mol. The summed E-state index contributed by atoms with van der Waals surface area (Å²) in [7, 11) is 0. The van der Waals surface area contributed by atoms with Crippen LogP contribution in [0.15, 0.2) is 66.9 Å². The van der Waals surface area contributed by atoms with Gasteiger partial charge in [-0.15, -0.1) is 0 Å². The summed E-state index contributed by atoms with van der Waals surface area (Å²) >= 11 is 0. The Morgan fingerprint density at radius 3 is 2.48 bits per heavy atom. The number of amides is 2. The van der Waals surface area contributed by atoms with E-state index in [0.29, 0.717) is 6.54 Å². The first kappa shape index (κ1) is 16.8. The van der Waals surface area contributed by atoms with Crippen LogP contribution in [0.25, 0.3) is 0 Å². The van der Waals surface area contributed by atoms with Crippen LogP contribution in [0.2, 0.25) is 0 Å². The Bertz CT molecular complexity index is 867. The molecular formula is C21H23N3O. The molecule has 0 radical (unpaired) electrons. The topological polar surface area (TPSA) is 46.1 Å². The first-order valence-electron chi connectivity index (χ1n) is 8.41. The number of nitrogens with zero attached hydrogens (tertiary/aromatic N) is 1. The van der Waals surface area contributed by atoms with Gasteiger partial charge in [-0.05, 0) is 49.2 Å². The van der Waals surface area contributed by atoms with Crippen molar-refractivity contribution in [3.05, 3.63) is 89.2 Å². The number of urea groups is 1. The molecule has 2 aromatic carbocycles. The molecule has 0 saturated heterocycles. The molecule has 0 fully saturated rings. The van der Waals surface area contributed by atoms with Crippen molar-refractivity contribution in [2.45, 2.75) is 26.9 Å². The fourth-order valence-corrected chi connectivity index (χ4v) is 2.84. The molecule has 0 atom stereocenters. The minimum absolute atomic E-state index is 0.200. The number of carbonyl (C=O) groups excluding carboxylic acids is 1. The Labute approximate surface area is 148 Å². The van der Waals surface area contributed by atoms with Gasteiger partial charge in [0.25, 0.3) is 0 Å². The SMILES string of the molecule is Cc1cccc(Cn2cccc2CNC(=O)Nc2cccc(C)c2)c1. The second kappa shape index (κ2) is 7.71. The summed E-state index contributed by atoms with van der Waals surface area (Å²) < 4.78 is 2.15. The predicted octanol–water partition coefficient (Wildman–Crippen LogP) is 4.47. The second-order valence-electron chi connectivity index (χ2n) is 6.29. The summed E-state index contributed by atoms with van der Waals surface area (Å²) in [5.41, 5.74) is 5.49. The van der Waals surface area contributed by atoms with Crippen molar-refractivity contribution in [2.24, 2.45) is 0 Å². The molecule has 0 aliphatic carbocycles. The van der Waals surface area contributed by atoms with Crippen molar-refractivity contribution in [3.8, 4) is 0 Å². The van der Waals surface area contributed by atoms with Crippen molar-refractivity contribution in [3.63, 3.8) is 0 Å². The van der Waals surface area contributed by atoms with Gasteiger partial charge in [-0.2, -0.15) is 0 Å². The number of benzene rings is 2. The smallest absolute Gasteiger partial charge is 0.319 e. The summed E-state index contributed by atoms with van der Waals surface area (Å²) in [5, 5.41) is 5.78. The minimum atomic E-state index is -0.200. The summed E-state index contributed by atoms with van der Waals surface area (Å²) in [6.07, 6.45) is 2.04. The van der Waals surface area contributed by atoms with Crippen LogP contribution >= 0.6 is 0 Å². The molecule has 4 nitrogen and oxygen atoms in total. The van der Waals surface area contributed by atoms with Gasteiger partial charge in [0.15, 0.2) is 0 Å². The molecule has 25 heavy (non-hydrogen) atoms. The van der Waals surface area contributed by atoms with Gasteiger partial charge in [-0.3, -0.25) is 0 Å². The van der Waals surface area contributed by atoms with Gasteiger partial charge in [-0.25, -0.2) is 4.79 Å². The highest BCUT2D eigenvalue weighted by atomic mass is 16.2. The number of carbonyl (C=O) groups is 1. The zero-order chi connectivity index (χ0) is 17.6. The molecule has 0 bridgehead atoms. The van der Waals surface area contributed by atoms with Gasteiger partial charge in [0.2, 0.25) is 0 Å². The number of rotatable bonds is 5. The number of aryl methyl sites for hydroxylation is 2. The Morgan fingerprint density at radius 1 is 0.960 bits per heavy atom. The minimum Gasteiger partial charge on any atom is -0.345 e. The molecule has 0 saturated carbocycles. The van der Waals surface area contributed by atoms with Crippen molar-refractivity contribution in [1.82, 2.24) is 9.88 Å². The fourth-order valence-electron chi connectivity index (χ4n) is 2.84. The second-order valence-corrected chi connectivity index (χ2v) is 6.29. The van der Waals surface area contributed by atoms with Crippen LogP contribution in [0.1, 0.15) is 22.4 Å². The lowest BCUT2D eigenvalue weighted by atomic mass is 10.1. The quantitative estimate of drug-likeness (QED) is 0.711. The van der Waals surface area contributed by atoms with E-state index < -0.39 is 0 Å². The lowest BCUT2D eigenvalue weighted by Crippen LogP contribution is -2.29. The molecule has 2 N–H and O–H groups in total. The molecule has 2 amide bonds. The van der Waals surface area contributed by atoms with Gasteiger partial charge in [0, 0.05) is 24.1 Å². The summed E-state index contributed by atoms with van der Waals surface area (Å²) in [6.45, 7) is 5.38. The highest BCUT2D eigenvalue weighted by Gasteiger charge is 2.06. The number of hydrogen-bond acceptors (Lipinski definition) is 1. The van der Waals surface area contributed by atoms with E-state index in [1.165, 1.54) is 11.1 Å². The zero-order valence-corrected chi connectivity index (χ0v) is 14.6. The van der Waals surface area contributed by atoms with Gasteiger partial charge in [-0.1, -0.05) is 42.0 Å². The average Bonchev–Trinajstić information content (AvgIpc) is 3.00. The molecule has 128 valence electrons. The predicted molar refractivity (Wildman–Crippen MR) is 102 cm³/mol. The maximum absolute atomic E-state index is 12.1. The maximum Gasteiger partial charge on any atom is 0.319 e. The van der Waals surface area contributed by atoms with Crippen molar-refractivity contribution in [2.75, 3.05) is 5.32 Å². The van der Waals surface area contributed by atoms with Crippen LogP contribution in [0.4, 0.5) is 10.5 Å². The number of hydrogen-bond donors (Lipinski definition) is 2. The van der Waals surface area contributed by atoms with Crippen LogP contribution in [-0.4, -0.2) is 10.6 Å². The first-order valence-corrected chi connectivity index (χ1v) is 8.41. The van der Waals surface area contributed by atoms with Crippen LogP contribution < -0.4 is 10.6 Å². The molecule has 0 aliphatic heterocycles. The molecule has 1 heterocycles. The highest BCUT2D eigenvalue weighted by Crippen LogP contribution is 2.11. The number of nitrogens with one attached hydrogen (secondary N) is 2. The Balaban J connectivity index is 1.58. The third-order valence-corrected chi connectivity index (χ3v) is 4.06. The lowest BCUT2D eigenvalue weighted by molar-refractivity contribution is 0.251. The van der Waals surface area contributed by atoms with E-state index in [4.69, 9.17) is 0 Å². The molecule has 0 spiro atoms. The molecule has 0 unspecified atom stereocenters. The van der Waals surface area contributed by atoms with Gasteiger partial charge < -0.3 is 15.2 Å². The molecule has 4 heteroatoms. The van der Waals surface area contributed by atoms with Crippen molar-refractivity contribution >= 4 is 11.7 Å². The van der Waals surface area contributed by atoms with Crippen LogP contribution in [0, 0.1) is 13.8 Å². The van der Waals surface area contributed by atoms with E-state index in [9.17, 15) is 4.79 Å². The van der Waals surface area contributed by atoms with Crippen molar-refractivity contribution < 1.29 is 4.79 Å². The highest BCUT2D eigenvalue weighted by molar-refractivity contribution is 5.89. The van der Waals surface area contributed by atoms with Crippen LogP contribution in [-0.2, 0) is 13.1 Å². The Kier molecular flexibility index (Phi) is 5.19. The molecule has 1 aromatic heterocycles. The Hall–Kier alpha value is -3.01. The fraction of sp³-hybridized carbons (Fsp3) is 0.190. The van der Waals surface area contributed by atoms with E-state index in [1.54, 1.807) is 0 Å². The third kappa shape index (κ3) is 4.73. The van der Waals surface area contributed by atoms with Gasteiger partial charge >= 0.3 is 6.03 Å². The maximum atomic E-state index is 12.1. The van der Waals surface area contributed by atoms with E-state index in [0.717, 1.165) is 23.5 Å². The summed E-state index contributed by atoms with van der Waals surface area (Å²) in [4.78, 5) is 12.1. The molecular weight excluding hydrogens is 310 g/mol. The normalized spacial score (nSPS) is 10.5. The van der Waals surface area contributed by atoms with E-state index in [-0.39, 0.29) is 6.03 Å². The average molecular weight is 333 g/mol. The van der Waals surface area contributed by atoms with Crippen LogP contribution in [0.3, 0.4) is 0 Å². The summed E-state index contributed by atoms with van der Waals surface area (Å²) in [6, 6.07) is 20.1. The first-order chi connectivity index (χ1) is 12.1. The molecule has 3 rings (SSSR count). The van der Waals surface area contributed by atoms with E-state index in [2.05, 4.69) is 46.4 Å². The summed E-state index contributed by atoms with van der Waals surface area (Å²) in [5.74, 6) is 0. The number of aromatic nitrogens is 1. The Morgan fingerprint density at radius 2 is 1.72 bits per heavy atom. The van der Waals surface area contributed by atoms with Crippen LogP contribution in [0.5, 0.6) is 0 Å². The number of anilines is 1. The standard InChI is InChI=1S/C21H23N3O/c1-16-6-3-8-18(12-16)15-24-11-5-10-20(24)14-22-21(25)23-19-9-4-7-17(2)13-19/h3-13H,14-15H2,1-2H3,(H2,22,23,25). The van der Waals surface area contributed by atoms with Gasteiger partial charge in [0.05, 0.1) is 6.54 Å².